The summed E-state index contributed by atoms with van der Waals surface area (Å²) >= 11 is 0. The summed E-state index contributed by atoms with van der Waals surface area (Å²) in [6.45, 7) is 3.39. The van der Waals surface area contributed by atoms with E-state index in [0.29, 0.717) is 0 Å². The summed E-state index contributed by atoms with van der Waals surface area (Å²) in [5.74, 6) is -1.32. The van der Waals surface area contributed by atoms with Gasteiger partial charge < -0.3 is 20.1 Å². The molecule has 0 saturated heterocycles. The Kier molecular flexibility index (Phi) is 11.3. The molecule has 0 bridgehead atoms. The highest BCUT2D eigenvalue weighted by Crippen LogP contribution is 2.10. The predicted octanol–water partition coefficient (Wildman–Crippen LogP) is 0.180. The molecule has 0 aliphatic rings. The van der Waals surface area contributed by atoms with Crippen molar-refractivity contribution >= 4 is 19.7 Å². The van der Waals surface area contributed by atoms with E-state index in [4.69, 9.17) is 14.9 Å². The second kappa shape index (κ2) is 11.7. The van der Waals surface area contributed by atoms with Gasteiger partial charge in [0.25, 0.3) is 0 Å². The zero-order valence-corrected chi connectivity index (χ0v) is 17.6. The molecule has 10 heteroatoms. The van der Waals surface area contributed by atoms with E-state index in [1.165, 1.54) is 6.92 Å². The SMILES string of the molecule is CC(CS(C)(=O)=O)C(O)O.CC(CS(C)(=O)=O)[C@@H](O)OCc1ccccc1. The van der Waals surface area contributed by atoms with Crippen LogP contribution in [0.5, 0.6) is 0 Å². The topological polar surface area (TPSA) is 138 Å². The van der Waals surface area contributed by atoms with E-state index in [1.54, 1.807) is 6.92 Å². The molecular weight excluding hydrogens is 396 g/mol. The molecule has 158 valence electrons. The Morgan fingerprint density at radius 3 is 1.67 bits per heavy atom. The van der Waals surface area contributed by atoms with Gasteiger partial charge in [0.05, 0.1) is 18.1 Å². The van der Waals surface area contributed by atoms with Crippen LogP contribution < -0.4 is 0 Å². The quantitative estimate of drug-likeness (QED) is 0.475. The molecule has 0 aliphatic carbocycles. The van der Waals surface area contributed by atoms with Crippen LogP contribution in [-0.4, -0.2) is 68.8 Å². The molecule has 1 aromatic carbocycles. The van der Waals surface area contributed by atoms with Gasteiger partial charge >= 0.3 is 0 Å². The van der Waals surface area contributed by atoms with Gasteiger partial charge in [0.15, 0.2) is 12.6 Å². The largest absolute Gasteiger partial charge is 0.368 e. The molecule has 1 rings (SSSR count). The molecule has 8 nitrogen and oxygen atoms in total. The van der Waals surface area contributed by atoms with Gasteiger partial charge in [-0.05, 0) is 5.56 Å². The highest BCUT2D eigenvalue weighted by Gasteiger charge is 2.19. The first-order chi connectivity index (χ1) is 12.2. The molecule has 3 N–H and O–H groups in total. The van der Waals surface area contributed by atoms with Crippen molar-refractivity contribution in [3.63, 3.8) is 0 Å². The standard InChI is InChI=1S/C12H18O4S.C5H12O4S/c1-10(9-17(2,14)15)12(13)16-8-11-6-4-3-5-7-11;1-4(5(6)7)3-10(2,8)9/h3-7,10,12-13H,8-9H2,1-2H3;4-7H,3H2,1-2H3/t10?,12-;/m0./s1. The lowest BCUT2D eigenvalue weighted by Crippen LogP contribution is -2.27. The van der Waals surface area contributed by atoms with Crippen LogP contribution in [0.4, 0.5) is 0 Å². The van der Waals surface area contributed by atoms with Crippen LogP contribution in [0.1, 0.15) is 19.4 Å². The monoisotopic (exact) mass is 426 g/mol. The van der Waals surface area contributed by atoms with E-state index < -0.39 is 44.1 Å². The van der Waals surface area contributed by atoms with E-state index in [1.807, 2.05) is 30.3 Å². The fraction of sp³-hybridized carbons (Fsp3) is 0.647. The lowest BCUT2D eigenvalue weighted by molar-refractivity contribution is -0.133. The highest BCUT2D eigenvalue weighted by atomic mass is 32.2. The van der Waals surface area contributed by atoms with Crippen molar-refractivity contribution in [1.82, 2.24) is 0 Å². The molecule has 27 heavy (non-hydrogen) atoms. The average Bonchev–Trinajstić information content (AvgIpc) is 2.51. The van der Waals surface area contributed by atoms with Crippen molar-refractivity contribution in [2.75, 3.05) is 24.0 Å². The van der Waals surface area contributed by atoms with Gasteiger partial charge in [-0.2, -0.15) is 0 Å². The Labute approximate surface area is 161 Å². The molecule has 1 aromatic rings. The van der Waals surface area contributed by atoms with Crippen LogP contribution in [-0.2, 0) is 31.0 Å². The third kappa shape index (κ3) is 14.7. The van der Waals surface area contributed by atoms with Crippen molar-refractivity contribution in [3.05, 3.63) is 35.9 Å². The first-order valence-corrected chi connectivity index (χ1v) is 12.4. The maximum atomic E-state index is 11.1. The maximum Gasteiger partial charge on any atom is 0.158 e. The molecule has 0 fully saturated rings. The van der Waals surface area contributed by atoms with Gasteiger partial charge in [-0.1, -0.05) is 44.2 Å². The summed E-state index contributed by atoms with van der Waals surface area (Å²) in [5, 5.41) is 26.6. The molecule has 0 radical (unpaired) electrons. The summed E-state index contributed by atoms with van der Waals surface area (Å²) in [7, 11) is -6.18. The average molecular weight is 427 g/mol. The molecule has 0 heterocycles. The van der Waals surface area contributed by atoms with Crippen molar-refractivity contribution in [2.24, 2.45) is 11.8 Å². The Bertz CT molecular complexity index is 729. The van der Waals surface area contributed by atoms with Gasteiger partial charge in [-0.15, -0.1) is 0 Å². The third-order valence-corrected chi connectivity index (χ3v) is 5.65. The third-order valence-electron chi connectivity index (χ3n) is 3.39. The summed E-state index contributed by atoms with van der Waals surface area (Å²) < 4.78 is 48.4. The van der Waals surface area contributed by atoms with E-state index >= 15 is 0 Å². The highest BCUT2D eigenvalue weighted by molar-refractivity contribution is 7.90. The number of sulfone groups is 2. The minimum atomic E-state index is -3.09. The van der Waals surface area contributed by atoms with Crippen LogP contribution in [0, 0.1) is 11.8 Å². The van der Waals surface area contributed by atoms with Gasteiger partial charge in [0.1, 0.15) is 19.7 Å². The number of hydrogen-bond acceptors (Lipinski definition) is 8. The number of ether oxygens (including phenoxy) is 1. The number of aliphatic hydroxyl groups excluding tert-OH is 2. The van der Waals surface area contributed by atoms with Crippen molar-refractivity contribution in [3.8, 4) is 0 Å². The molecule has 0 saturated carbocycles. The summed E-state index contributed by atoms with van der Waals surface area (Å²) in [6.07, 6.45) is -0.404. The fourth-order valence-corrected chi connectivity index (χ4v) is 4.29. The molecule has 0 amide bonds. The van der Waals surface area contributed by atoms with Crippen molar-refractivity contribution in [1.29, 1.82) is 0 Å². The lowest BCUT2D eigenvalue weighted by atomic mass is 10.2. The number of rotatable bonds is 9. The Morgan fingerprint density at radius 1 is 0.852 bits per heavy atom. The van der Waals surface area contributed by atoms with E-state index in [-0.39, 0.29) is 18.1 Å². The minimum Gasteiger partial charge on any atom is -0.368 e. The van der Waals surface area contributed by atoms with Crippen LogP contribution in [0.2, 0.25) is 0 Å². The second-order valence-electron chi connectivity index (χ2n) is 6.74. The smallest absolute Gasteiger partial charge is 0.158 e. The molecule has 2 unspecified atom stereocenters. The van der Waals surface area contributed by atoms with Gasteiger partial charge in [-0.25, -0.2) is 16.8 Å². The first-order valence-electron chi connectivity index (χ1n) is 8.26. The van der Waals surface area contributed by atoms with Gasteiger partial charge in [0.2, 0.25) is 0 Å². The van der Waals surface area contributed by atoms with E-state index in [9.17, 15) is 21.9 Å². The van der Waals surface area contributed by atoms with Gasteiger partial charge in [-0.3, -0.25) is 0 Å². The summed E-state index contributed by atoms with van der Waals surface area (Å²) in [5.41, 5.74) is 0.943. The van der Waals surface area contributed by atoms with Crippen LogP contribution in [0.25, 0.3) is 0 Å². The number of aliphatic hydroxyl groups is 3. The predicted molar refractivity (Wildman–Crippen MR) is 103 cm³/mol. The first kappa shape index (κ1) is 26.0. The second-order valence-corrected chi connectivity index (χ2v) is 11.1. The lowest BCUT2D eigenvalue weighted by Gasteiger charge is -2.18. The Hall–Kier alpha value is -1.04. The number of hydrogen-bond donors (Lipinski definition) is 3. The molecule has 0 aliphatic heterocycles. The Morgan fingerprint density at radius 2 is 1.30 bits per heavy atom. The molecule has 3 atom stereocenters. The van der Waals surface area contributed by atoms with E-state index in [0.717, 1.165) is 18.1 Å². The maximum absolute atomic E-state index is 11.1. The number of benzene rings is 1. The van der Waals surface area contributed by atoms with Crippen LogP contribution in [0.3, 0.4) is 0 Å². The molecule has 0 spiro atoms. The zero-order chi connectivity index (χ0) is 21.3. The summed E-state index contributed by atoms with van der Waals surface area (Å²) in [4.78, 5) is 0. The normalized spacial score (nSPS) is 15.6. The van der Waals surface area contributed by atoms with E-state index in [2.05, 4.69) is 0 Å². The van der Waals surface area contributed by atoms with Gasteiger partial charge in [0, 0.05) is 24.3 Å². The Balaban J connectivity index is 0.000000580. The summed E-state index contributed by atoms with van der Waals surface area (Å²) in [6, 6.07) is 9.42. The molecule has 0 aromatic heterocycles. The minimum absolute atomic E-state index is 0.0804. The van der Waals surface area contributed by atoms with Crippen molar-refractivity contribution in [2.45, 2.75) is 33.0 Å². The zero-order valence-electron chi connectivity index (χ0n) is 16.0. The molecular formula is C17H30O8S2. The van der Waals surface area contributed by atoms with Crippen LogP contribution >= 0.6 is 0 Å². The van der Waals surface area contributed by atoms with Crippen LogP contribution in [0.15, 0.2) is 30.3 Å². The fourth-order valence-electron chi connectivity index (χ4n) is 2.04. The van der Waals surface area contributed by atoms with Crippen molar-refractivity contribution < 1.29 is 36.9 Å².